The van der Waals surface area contributed by atoms with E-state index in [1.54, 1.807) is 0 Å². The molecular formula is C16H14Cl3N. The standard InChI is InChI=1S/C16H14Cl3N/c17-12-4-1-3-10(7-12)11-8-13(9-11)20-16-14(18)5-2-6-15(16)19/h1-7,11,13,20H,8-9H2. The van der Waals surface area contributed by atoms with E-state index in [1.165, 1.54) is 5.56 Å². The molecule has 0 amide bonds. The van der Waals surface area contributed by atoms with Crippen molar-refractivity contribution < 1.29 is 0 Å². The number of benzene rings is 2. The number of para-hydroxylation sites is 1. The molecule has 1 aliphatic carbocycles. The largest absolute Gasteiger partial charge is 0.380 e. The molecule has 1 fully saturated rings. The molecule has 2 aromatic rings. The molecular weight excluding hydrogens is 313 g/mol. The van der Waals surface area contributed by atoms with Crippen LogP contribution in [0.4, 0.5) is 5.69 Å². The molecule has 0 radical (unpaired) electrons. The summed E-state index contributed by atoms with van der Waals surface area (Å²) in [7, 11) is 0. The fourth-order valence-corrected chi connectivity index (χ4v) is 3.31. The average Bonchev–Trinajstić information content (AvgIpc) is 2.36. The predicted molar refractivity (Wildman–Crippen MR) is 87.3 cm³/mol. The quantitative estimate of drug-likeness (QED) is 0.729. The maximum Gasteiger partial charge on any atom is 0.0721 e. The molecule has 1 aliphatic rings. The Morgan fingerprint density at radius 2 is 1.55 bits per heavy atom. The zero-order chi connectivity index (χ0) is 14.1. The highest BCUT2D eigenvalue weighted by atomic mass is 35.5. The van der Waals surface area contributed by atoms with E-state index < -0.39 is 0 Å². The highest BCUT2D eigenvalue weighted by Gasteiger charge is 2.31. The second kappa shape index (κ2) is 5.85. The van der Waals surface area contributed by atoms with Crippen molar-refractivity contribution in [3.63, 3.8) is 0 Å². The van der Waals surface area contributed by atoms with Gasteiger partial charge < -0.3 is 5.32 Å². The fourth-order valence-electron chi connectivity index (χ4n) is 2.61. The van der Waals surface area contributed by atoms with E-state index in [0.29, 0.717) is 22.0 Å². The van der Waals surface area contributed by atoms with E-state index in [1.807, 2.05) is 36.4 Å². The van der Waals surface area contributed by atoms with Gasteiger partial charge >= 0.3 is 0 Å². The molecule has 4 heteroatoms. The summed E-state index contributed by atoms with van der Waals surface area (Å²) in [5.74, 6) is 0.562. The Bertz CT molecular complexity index is 601. The number of hydrogen-bond acceptors (Lipinski definition) is 1. The third-order valence-electron chi connectivity index (χ3n) is 3.77. The van der Waals surface area contributed by atoms with Gasteiger partial charge in [-0.05, 0) is 48.6 Å². The van der Waals surface area contributed by atoms with Crippen molar-refractivity contribution in [1.29, 1.82) is 0 Å². The van der Waals surface area contributed by atoms with Crippen LogP contribution in [0.5, 0.6) is 0 Å². The lowest BCUT2D eigenvalue weighted by atomic mass is 9.76. The monoisotopic (exact) mass is 325 g/mol. The Morgan fingerprint density at radius 1 is 0.900 bits per heavy atom. The second-order valence-corrected chi connectivity index (χ2v) is 6.41. The molecule has 0 saturated heterocycles. The number of halogens is 3. The van der Waals surface area contributed by atoms with Crippen molar-refractivity contribution in [1.82, 2.24) is 0 Å². The number of hydrogen-bond donors (Lipinski definition) is 1. The highest BCUT2D eigenvalue weighted by Crippen LogP contribution is 2.41. The Labute approximate surface area is 133 Å². The van der Waals surface area contributed by atoms with Crippen molar-refractivity contribution in [2.24, 2.45) is 0 Å². The van der Waals surface area contributed by atoms with E-state index in [0.717, 1.165) is 23.6 Å². The maximum absolute atomic E-state index is 6.16. The molecule has 3 rings (SSSR count). The van der Waals surface area contributed by atoms with Gasteiger partial charge in [0, 0.05) is 11.1 Å². The Hall–Kier alpha value is -0.890. The number of rotatable bonds is 3. The lowest BCUT2D eigenvalue weighted by Gasteiger charge is -2.37. The third-order valence-corrected chi connectivity index (χ3v) is 4.63. The summed E-state index contributed by atoms with van der Waals surface area (Å²) in [6.45, 7) is 0. The molecule has 1 nitrogen and oxygen atoms in total. The van der Waals surface area contributed by atoms with Gasteiger partial charge in [-0.1, -0.05) is 53.0 Å². The van der Waals surface area contributed by atoms with Gasteiger partial charge in [0.25, 0.3) is 0 Å². The topological polar surface area (TPSA) is 12.0 Å². The van der Waals surface area contributed by atoms with Crippen molar-refractivity contribution in [2.45, 2.75) is 24.8 Å². The van der Waals surface area contributed by atoms with Crippen LogP contribution in [0.1, 0.15) is 24.3 Å². The van der Waals surface area contributed by atoms with Gasteiger partial charge in [0.1, 0.15) is 0 Å². The van der Waals surface area contributed by atoms with Crippen molar-refractivity contribution >= 4 is 40.5 Å². The van der Waals surface area contributed by atoms with Crippen LogP contribution in [-0.2, 0) is 0 Å². The zero-order valence-electron chi connectivity index (χ0n) is 10.7. The summed E-state index contributed by atoms with van der Waals surface area (Å²) in [6.07, 6.45) is 2.14. The Morgan fingerprint density at radius 3 is 2.20 bits per heavy atom. The van der Waals surface area contributed by atoms with Crippen molar-refractivity contribution in [3.05, 3.63) is 63.1 Å². The van der Waals surface area contributed by atoms with Gasteiger partial charge in [0.05, 0.1) is 15.7 Å². The Balaban J connectivity index is 1.64. The van der Waals surface area contributed by atoms with Gasteiger partial charge in [0.15, 0.2) is 0 Å². The van der Waals surface area contributed by atoms with Crippen LogP contribution in [0.25, 0.3) is 0 Å². The SMILES string of the molecule is Clc1cccc(C2CC(Nc3c(Cl)cccc3Cl)C2)c1. The summed E-state index contributed by atoms with van der Waals surface area (Å²) in [6, 6.07) is 14.1. The van der Waals surface area contributed by atoms with Crippen LogP contribution in [0.3, 0.4) is 0 Å². The van der Waals surface area contributed by atoms with Gasteiger partial charge in [0.2, 0.25) is 0 Å². The number of anilines is 1. The first kappa shape index (κ1) is 14.1. The van der Waals surface area contributed by atoms with Crippen LogP contribution in [0.2, 0.25) is 15.1 Å². The van der Waals surface area contributed by atoms with E-state index in [4.69, 9.17) is 34.8 Å². The van der Waals surface area contributed by atoms with Crippen LogP contribution >= 0.6 is 34.8 Å². The first-order chi connectivity index (χ1) is 9.63. The molecule has 0 heterocycles. The number of nitrogens with one attached hydrogen (secondary N) is 1. The molecule has 104 valence electrons. The Kier molecular flexibility index (Phi) is 4.11. The average molecular weight is 327 g/mol. The molecule has 20 heavy (non-hydrogen) atoms. The molecule has 2 aromatic carbocycles. The summed E-state index contributed by atoms with van der Waals surface area (Å²) in [4.78, 5) is 0. The fraction of sp³-hybridized carbons (Fsp3) is 0.250. The first-order valence-corrected chi connectivity index (χ1v) is 7.73. The van der Waals surface area contributed by atoms with E-state index in [9.17, 15) is 0 Å². The smallest absolute Gasteiger partial charge is 0.0721 e. The van der Waals surface area contributed by atoms with E-state index >= 15 is 0 Å². The van der Waals surface area contributed by atoms with E-state index in [-0.39, 0.29) is 0 Å². The molecule has 0 atom stereocenters. The predicted octanol–water partition coefficient (Wildman–Crippen LogP) is 6.00. The van der Waals surface area contributed by atoms with Crippen molar-refractivity contribution in [3.8, 4) is 0 Å². The lowest BCUT2D eigenvalue weighted by Crippen LogP contribution is -2.34. The molecule has 0 aliphatic heterocycles. The molecule has 0 unspecified atom stereocenters. The summed E-state index contributed by atoms with van der Waals surface area (Å²) in [5, 5.41) is 5.57. The summed E-state index contributed by atoms with van der Waals surface area (Å²) >= 11 is 18.4. The van der Waals surface area contributed by atoms with Gasteiger partial charge in [-0.2, -0.15) is 0 Å². The van der Waals surface area contributed by atoms with Gasteiger partial charge in [-0.15, -0.1) is 0 Å². The first-order valence-electron chi connectivity index (χ1n) is 6.59. The summed E-state index contributed by atoms with van der Waals surface area (Å²) in [5.41, 5.74) is 2.14. The molecule has 1 N–H and O–H groups in total. The lowest BCUT2D eigenvalue weighted by molar-refractivity contribution is 0.374. The second-order valence-electron chi connectivity index (χ2n) is 5.16. The summed E-state index contributed by atoms with van der Waals surface area (Å²) < 4.78 is 0. The van der Waals surface area contributed by atoms with Crippen LogP contribution in [-0.4, -0.2) is 6.04 Å². The van der Waals surface area contributed by atoms with Crippen LogP contribution in [0.15, 0.2) is 42.5 Å². The molecule has 0 aromatic heterocycles. The van der Waals surface area contributed by atoms with Crippen LogP contribution < -0.4 is 5.32 Å². The normalized spacial score (nSPS) is 21.4. The molecule has 0 bridgehead atoms. The van der Waals surface area contributed by atoms with Crippen molar-refractivity contribution in [2.75, 3.05) is 5.32 Å². The maximum atomic E-state index is 6.16. The van der Waals surface area contributed by atoms with Gasteiger partial charge in [-0.3, -0.25) is 0 Å². The minimum absolute atomic E-state index is 0.413. The zero-order valence-corrected chi connectivity index (χ0v) is 13.0. The third kappa shape index (κ3) is 2.90. The molecule has 0 spiro atoms. The van der Waals surface area contributed by atoms with Crippen LogP contribution in [0, 0.1) is 0 Å². The van der Waals surface area contributed by atoms with E-state index in [2.05, 4.69) is 11.4 Å². The van der Waals surface area contributed by atoms with Gasteiger partial charge in [-0.25, -0.2) is 0 Å². The minimum atomic E-state index is 0.413. The highest BCUT2D eigenvalue weighted by molar-refractivity contribution is 6.39. The minimum Gasteiger partial charge on any atom is -0.380 e. The molecule has 1 saturated carbocycles.